The summed E-state index contributed by atoms with van der Waals surface area (Å²) in [6.45, 7) is 0.815. The van der Waals surface area contributed by atoms with Crippen molar-refractivity contribution in [1.29, 1.82) is 0 Å². The monoisotopic (exact) mass is 325 g/mol. The van der Waals surface area contributed by atoms with Crippen LogP contribution in [0.2, 0.25) is 0 Å². The van der Waals surface area contributed by atoms with E-state index in [4.69, 9.17) is 15.4 Å². The lowest BCUT2D eigenvalue weighted by molar-refractivity contribution is 0.192. The van der Waals surface area contributed by atoms with Crippen LogP contribution in [0.3, 0.4) is 0 Å². The molecular weight excluding hydrogens is 314 g/mol. The summed E-state index contributed by atoms with van der Waals surface area (Å²) < 4.78 is 54.0. The molecule has 19 heavy (non-hydrogen) atoms. The summed E-state index contributed by atoms with van der Waals surface area (Å²) >= 11 is 0. The zero-order valence-electron chi connectivity index (χ0n) is 9.74. The zero-order chi connectivity index (χ0) is 14.1. The van der Waals surface area contributed by atoms with Crippen LogP contribution in [-0.4, -0.2) is 36.1 Å². The van der Waals surface area contributed by atoms with Crippen LogP contribution in [0, 0.1) is 0 Å². The number of sulfonamides is 1. The zero-order valence-corrected chi connectivity index (χ0v) is 12.1. The van der Waals surface area contributed by atoms with Crippen LogP contribution in [0.4, 0.5) is 0 Å². The normalized spacial score (nSPS) is 20.6. The maximum absolute atomic E-state index is 12.1. The van der Waals surface area contributed by atoms with E-state index in [1.165, 1.54) is 18.2 Å². The maximum atomic E-state index is 12.1. The number of halogens is 1. The predicted octanol–water partition coefficient (Wildman–Crippen LogP) is 0.681. The highest BCUT2D eigenvalue weighted by atomic mass is 35.7. The SMILES string of the molecule is O=S(=O)(Cl)c1cccc(S(=O)(=O)NC2CCOC2)c1. The van der Waals surface area contributed by atoms with Crippen molar-refractivity contribution in [2.45, 2.75) is 22.3 Å². The largest absolute Gasteiger partial charge is 0.380 e. The van der Waals surface area contributed by atoms with E-state index in [9.17, 15) is 16.8 Å². The highest BCUT2D eigenvalue weighted by Crippen LogP contribution is 2.19. The Bertz CT molecular complexity index is 665. The first kappa shape index (κ1) is 14.7. The molecule has 1 aromatic rings. The van der Waals surface area contributed by atoms with Gasteiger partial charge in [0.2, 0.25) is 10.0 Å². The minimum Gasteiger partial charge on any atom is -0.380 e. The molecule has 1 aliphatic rings. The first-order valence-corrected chi connectivity index (χ1v) is 9.23. The molecule has 1 heterocycles. The highest BCUT2D eigenvalue weighted by molar-refractivity contribution is 8.13. The van der Waals surface area contributed by atoms with E-state index in [-0.39, 0.29) is 15.8 Å². The molecule has 1 saturated heterocycles. The summed E-state index contributed by atoms with van der Waals surface area (Å²) in [4.78, 5) is -0.388. The fraction of sp³-hybridized carbons (Fsp3) is 0.400. The van der Waals surface area contributed by atoms with Gasteiger partial charge in [-0.1, -0.05) is 6.07 Å². The fourth-order valence-electron chi connectivity index (χ4n) is 1.71. The molecule has 1 aliphatic heterocycles. The molecule has 6 nitrogen and oxygen atoms in total. The molecule has 0 saturated carbocycles. The van der Waals surface area contributed by atoms with Gasteiger partial charge in [-0.25, -0.2) is 21.6 Å². The Kier molecular flexibility index (Phi) is 4.17. The van der Waals surface area contributed by atoms with Crippen LogP contribution in [0.1, 0.15) is 6.42 Å². The minimum atomic E-state index is -3.96. The molecule has 1 aromatic carbocycles. The van der Waals surface area contributed by atoms with E-state index in [0.29, 0.717) is 19.6 Å². The van der Waals surface area contributed by atoms with Gasteiger partial charge in [-0.05, 0) is 24.6 Å². The molecule has 1 unspecified atom stereocenters. The Morgan fingerprint density at radius 3 is 2.47 bits per heavy atom. The number of rotatable bonds is 4. The average molecular weight is 326 g/mol. The molecule has 106 valence electrons. The lowest BCUT2D eigenvalue weighted by Crippen LogP contribution is -2.35. The van der Waals surface area contributed by atoms with Crippen molar-refractivity contribution in [2.75, 3.05) is 13.2 Å². The van der Waals surface area contributed by atoms with E-state index in [2.05, 4.69) is 4.72 Å². The van der Waals surface area contributed by atoms with Gasteiger partial charge < -0.3 is 4.74 Å². The summed E-state index contributed by atoms with van der Waals surface area (Å²) in [5.74, 6) is 0. The molecule has 1 atom stereocenters. The van der Waals surface area contributed by atoms with Crippen LogP contribution in [0.25, 0.3) is 0 Å². The van der Waals surface area contributed by atoms with E-state index >= 15 is 0 Å². The molecular formula is C10H12ClNO5S2. The third-order valence-corrected chi connectivity index (χ3v) is 5.52. The molecule has 1 N–H and O–H groups in total. The highest BCUT2D eigenvalue weighted by Gasteiger charge is 2.24. The third kappa shape index (κ3) is 3.67. The molecule has 9 heteroatoms. The first-order valence-electron chi connectivity index (χ1n) is 5.44. The Morgan fingerprint density at radius 2 is 1.89 bits per heavy atom. The second-order valence-corrected chi connectivity index (χ2v) is 8.37. The molecule has 0 bridgehead atoms. The smallest absolute Gasteiger partial charge is 0.261 e. The van der Waals surface area contributed by atoms with Gasteiger partial charge in [0.25, 0.3) is 9.05 Å². The maximum Gasteiger partial charge on any atom is 0.261 e. The summed E-state index contributed by atoms with van der Waals surface area (Å²) in [6, 6.07) is 4.61. The van der Waals surface area contributed by atoms with Crippen LogP contribution in [0.15, 0.2) is 34.1 Å². The van der Waals surface area contributed by atoms with Crippen LogP contribution < -0.4 is 4.72 Å². The number of ether oxygens (including phenoxy) is 1. The molecule has 0 aliphatic carbocycles. The van der Waals surface area contributed by atoms with Gasteiger partial charge in [-0.2, -0.15) is 0 Å². The van der Waals surface area contributed by atoms with Gasteiger partial charge in [0.15, 0.2) is 0 Å². The van der Waals surface area contributed by atoms with Gasteiger partial charge in [0, 0.05) is 23.3 Å². The Hall–Kier alpha value is -0.670. The van der Waals surface area contributed by atoms with Gasteiger partial charge in [0.1, 0.15) is 0 Å². The second-order valence-electron chi connectivity index (χ2n) is 4.09. The van der Waals surface area contributed by atoms with Crippen molar-refractivity contribution in [3.05, 3.63) is 24.3 Å². The van der Waals surface area contributed by atoms with Crippen LogP contribution in [0.5, 0.6) is 0 Å². The van der Waals surface area contributed by atoms with Crippen molar-refractivity contribution in [2.24, 2.45) is 0 Å². The number of hydrogen-bond donors (Lipinski definition) is 1. The number of hydrogen-bond acceptors (Lipinski definition) is 5. The summed E-state index contributed by atoms with van der Waals surface area (Å²) in [5, 5.41) is 0. The van der Waals surface area contributed by atoms with Crippen molar-refractivity contribution in [3.8, 4) is 0 Å². The van der Waals surface area contributed by atoms with Crippen LogP contribution >= 0.6 is 10.7 Å². The van der Waals surface area contributed by atoms with Gasteiger partial charge in [0.05, 0.1) is 16.4 Å². The summed E-state index contributed by atoms with van der Waals surface area (Å²) in [7, 11) is -2.55. The van der Waals surface area contributed by atoms with E-state index < -0.39 is 19.1 Å². The van der Waals surface area contributed by atoms with E-state index in [1.54, 1.807) is 0 Å². The van der Waals surface area contributed by atoms with Crippen LogP contribution in [-0.2, 0) is 23.8 Å². The van der Waals surface area contributed by atoms with Gasteiger partial charge in [-0.15, -0.1) is 0 Å². The Labute approximate surface area is 116 Å². The molecule has 0 amide bonds. The van der Waals surface area contributed by atoms with E-state index in [1.807, 2.05) is 0 Å². The molecule has 0 radical (unpaired) electrons. The first-order chi connectivity index (χ1) is 8.79. The number of benzene rings is 1. The molecule has 0 spiro atoms. The Balaban J connectivity index is 2.30. The quantitative estimate of drug-likeness (QED) is 0.822. The van der Waals surface area contributed by atoms with Crippen molar-refractivity contribution in [3.63, 3.8) is 0 Å². The molecule has 1 fully saturated rings. The number of nitrogens with one attached hydrogen (secondary N) is 1. The van der Waals surface area contributed by atoms with Gasteiger partial charge >= 0.3 is 0 Å². The molecule has 0 aromatic heterocycles. The third-order valence-electron chi connectivity index (χ3n) is 2.65. The predicted molar refractivity (Wildman–Crippen MR) is 69.0 cm³/mol. The summed E-state index contributed by atoms with van der Waals surface area (Å²) in [6.07, 6.45) is 0.590. The fourth-order valence-corrected chi connectivity index (χ4v) is 3.88. The van der Waals surface area contributed by atoms with E-state index in [0.717, 1.165) is 6.07 Å². The lowest BCUT2D eigenvalue weighted by atomic mass is 10.3. The van der Waals surface area contributed by atoms with Gasteiger partial charge in [-0.3, -0.25) is 0 Å². The lowest BCUT2D eigenvalue weighted by Gasteiger charge is -2.11. The van der Waals surface area contributed by atoms with Crippen molar-refractivity contribution >= 4 is 29.8 Å². The Morgan fingerprint density at radius 1 is 1.21 bits per heavy atom. The van der Waals surface area contributed by atoms with Crippen molar-refractivity contribution < 1.29 is 21.6 Å². The second kappa shape index (κ2) is 5.37. The topological polar surface area (TPSA) is 89.5 Å². The standard InChI is InChI=1S/C10H12ClNO5S2/c11-18(13,14)9-2-1-3-10(6-9)19(15,16)12-8-4-5-17-7-8/h1-3,6,8,12H,4-5,7H2. The minimum absolute atomic E-state index is 0.138. The average Bonchev–Trinajstić information content (AvgIpc) is 2.80. The molecule has 2 rings (SSSR count). The summed E-state index contributed by atoms with van der Waals surface area (Å²) in [5.41, 5.74) is 0. The van der Waals surface area contributed by atoms with Crippen molar-refractivity contribution in [1.82, 2.24) is 4.72 Å².